The summed E-state index contributed by atoms with van der Waals surface area (Å²) in [5, 5.41) is 2.77. The number of hydrogen-bond donors (Lipinski definition) is 0. The molecule has 0 fully saturated rings. The lowest BCUT2D eigenvalue weighted by atomic mass is 9.73. The maximum absolute atomic E-state index is 2.61. The van der Waals surface area contributed by atoms with Gasteiger partial charge in [-0.05, 0) is 72.9 Å². The Bertz CT molecular complexity index is 1300. The highest BCUT2D eigenvalue weighted by Gasteiger charge is 2.36. The molecule has 5 rings (SSSR count). The van der Waals surface area contributed by atoms with Crippen molar-refractivity contribution in [3.8, 4) is 0 Å². The van der Waals surface area contributed by atoms with Crippen molar-refractivity contribution in [2.45, 2.75) is 66.7 Å². The zero-order valence-electron chi connectivity index (χ0n) is 20.1. The van der Waals surface area contributed by atoms with E-state index in [1.165, 1.54) is 61.8 Å². The van der Waals surface area contributed by atoms with E-state index in [0.717, 1.165) is 6.42 Å². The fraction of sp³-hybridized carbons (Fsp3) is 0.400. The number of allylic oxidation sites excluding steroid dienone is 6. The van der Waals surface area contributed by atoms with Gasteiger partial charge in [0, 0.05) is 21.9 Å². The molecule has 1 heteroatoms. The first kappa shape index (κ1) is 20.4. The fourth-order valence-corrected chi connectivity index (χ4v) is 5.96. The van der Waals surface area contributed by atoms with E-state index in [-0.39, 0.29) is 5.41 Å². The Hall–Kier alpha value is -2.54. The molecule has 0 N–H and O–H groups in total. The number of para-hydroxylation sites is 1. The van der Waals surface area contributed by atoms with Crippen LogP contribution in [0.5, 0.6) is 0 Å². The smallest absolute Gasteiger partial charge is 0.0578 e. The van der Waals surface area contributed by atoms with E-state index in [1.807, 2.05) is 0 Å². The maximum atomic E-state index is 2.61. The van der Waals surface area contributed by atoms with Gasteiger partial charge in [-0.2, -0.15) is 0 Å². The molecule has 2 aliphatic rings. The Labute approximate surface area is 187 Å². The molecule has 160 valence electrons. The Morgan fingerprint density at radius 3 is 2.45 bits per heavy atom. The zero-order valence-corrected chi connectivity index (χ0v) is 20.1. The Morgan fingerprint density at radius 2 is 1.77 bits per heavy atom. The molecule has 0 saturated heterocycles. The predicted octanol–water partition coefficient (Wildman–Crippen LogP) is 8.73. The fourth-order valence-electron chi connectivity index (χ4n) is 5.96. The molecule has 0 spiro atoms. The minimum atomic E-state index is 0.0428. The van der Waals surface area contributed by atoms with Crippen LogP contribution in [0, 0.1) is 11.8 Å². The Kier molecular flexibility index (Phi) is 4.59. The van der Waals surface area contributed by atoms with E-state index in [1.54, 1.807) is 0 Å². The lowest BCUT2D eigenvalue weighted by Crippen LogP contribution is -2.28. The van der Waals surface area contributed by atoms with Crippen LogP contribution in [0.1, 0.15) is 72.4 Å². The molecule has 1 aliphatic heterocycles. The van der Waals surface area contributed by atoms with Crippen LogP contribution in [0.3, 0.4) is 0 Å². The van der Waals surface area contributed by atoms with Crippen LogP contribution in [0.2, 0.25) is 0 Å². The standard InChI is InChI=1S/C30H35N/c1-18(2)15-20(4)28-21(5)30(6,7)26-10-8-9-24-25-17-23(22-12-11-19(3)16-22)13-14-27(25)31(28)29(24)26/h8-10,12-14,16-18,20H,11,15H2,1-7H3. The molecular weight excluding hydrogens is 374 g/mol. The van der Waals surface area contributed by atoms with Crippen LogP contribution < -0.4 is 0 Å². The molecule has 1 atom stereocenters. The largest absolute Gasteiger partial charge is 0.312 e. The van der Waals surface area contributed by atoms with Crippen LogP contribution in [-0.2, 0) is 5.41 Å². The van der Waals surface area contributed by atoms with Crippen LogP contribution in [0.25, 0.3) is 33.1 Å². The molecular formula is C30H35N. The number of rotatable bonds is 4. The molecule has 31 heavy (non-hydrogen) atoms. The summed E-state index contributed by atoms with van der Waals surface area (Å²) in [5.74, 6) is 1.21. The first-order valence-corrected chi connectivity index (χ1v) is 11.9. The molecule has 2 aromatic carbocycles. The van der Waals surface area contributed by atoms with E-state index >= 15 is 0 Å². The van der Waals surface area contributed by atoms with Crippen LogP contribution in [0.15, 0.2) is 59.7 Å². The lowest BCUT2D eigenvalue weighted by Gasteiger charge is -2.38. The third kappa shape index (κ3) is 2.97. The lowest BCUT2D eigenvalue weighted by molar-refractivity contribution is 0.492. The van der Waals surface area contributed by atoms with Crippen molar-refractivity contribution in [2.75, 3.05) is 0 Å². The molecule has 2 heterocycles. The maximum Gasteiger partial charge on any atom is 0.0578 e. The molecule has 3 aromatic rings. The predicted molar refractivity (Wildman–Crippen MR) is 136 cm³/mol. The van der Waals surface area contributed by atoms with Gasteiger partial charge in [0.15, 0.2) is 0 Å². The SMILES string of the molecule is CC1=CC(c2ccc3c(c2)c2cccc4c2n3C(C(C)CC(C)C)=C(C)C4(C)C)=CC1. The molecule has 0 amide bonds. The minimum absolute atomic E-state index is 0.0428. The summed E-state index contributed by atoms with van der Waals surface area (Å²) in [4.78, 5) is 0. The van der Waals surface area contributed by atoms with Gasteiger partial charge in [0.1, 0.15) is 0 Å². The Morgan fingerprint density at radius 1 is 1.00 bits per heavy atom. The quantitative estimate of drug-likeness (QED) is 0.406. The summed E-state index contributed by atoms with van der Waals surface area (Å²) in [5.41, 5.74) is 11.5. The van der Waals surface area contributed by atoms with Crippen molar-refractivity contribution in [1.82, 2.24) is 4.57 Å². The third-order valence-corrected chi connectivity index (χ3v) is 7.69. The summed E-state index contributed by atoms with van der Waals surface area (Å²) < 4.78 is 2.61. The summed E-state index contributed by atoms with van der Waals surface area (Å²) >= 11 is 0. The Balaban J connectivity index is 1.84. The molecule has 0 saturated carbocycles. The second-order valence-corrected chi connectivity index (χ2v) is 10.8. The van der Waals surface area contributed by atoms with Crippen molar-refractivity contribution >= 4 is 33.1 Å². The number of benzene rings is 2. The number of hydrogen-bond acceptors (Lipinski definition) is 0. The summed E-state index contributed by atoms with van der Waals surface area (Å²) in [7, 11) is 0. The van der Waals surface area contributed by atoms with E-state index in [4.69, 9.17) is 0 Å². The average molecular weight is 410 g/mol. The van der Waals surface area contributed by atoms with Gasteiger partial charge in [0.2, 0.25) is 0 Å². The summed E-state index contributed by atoms with van der Waals surface area (Å²) in [6.45, 7) is 16.5. The van der Waals surface area contributed by atoms with Crippen LogP contribution in [0.4, 0.5) is 0 Å². The van der Waals surface area contributed by atoms with Crippen molar-refractivity contribution in [3.63, 3.8) is 0 Å². The minimum Gasteiger partial charge on any atom is -0.312 e. The molecule has 0 bridgehead atoms. The number of fused-ring (bicyclic) bond motifs is 3. The molecule has 1 nitrogen and oxygen atoms in total. The average Bonchev–Trinajstić information content (AvgIpc) is 3.28. The van der Waals surface area contributed by atoms with Crippen molar-refractivity contribution in [1.29, 1.82) is 0 Å². The van der Waals surface area contributed by atoms with Gasteiger partial charge in [-0.15, -0.1) is 0 Å². The highest BCUT2D eigenvalue weighted by molar-refractivity contribution is 6.13. The van der Waals surface area contributed by atoms with Gasteiger partial charge in [-0.3, -0.25) is 0 Å². The molecule has 1 unspecified atom stereocenters. The topological polar surface area (TPSA) is 4.93 Å². The van der Waals surface area contributed by atoms with Gasteiger partial charge in [0.05, 0.1) is 11.0 Å². The highest BCUT2D eigenvalue weighted by Crippen LogP contribution is 2.49. The van der Waals surface area contributed by atoms with Gasteiger partial charge >= 0.3 is 0 Å². The summed E-state index contributed by atoms with van der Waals surface area (Å²) in [6, 6.07) is 14.0. The van der Waals surface area contributed by atoms with Gasteiger partial charge in [0.25, 0.3) is 0 Å². The monoisotopic (exact) mass is 409 g/mol. The first-order valence-electron chi connectivity index (χ1n) is 11.9. The number of aromatic nitrogens is 1. The number of nitrogens with zero attached hydrogens (tertiary/aromatic N) is 1. The van der Waals surface area contributed by atoms with Crippen molar-refractivity contribution in [2.24, 2.45) is 11.8 Å². The molecule has 1 aromatic heterocycles. The van der Waals surface area contributed by atoms with E-state index < -0.39 is 0 Å². The second-order valence-electron chi connectivity index (χ2n) is 10.8. The van der Waals surface area contributed by atoms with Gasteiger partial charge < -0.3 is 4.57 Å². The molecule has 1 aliphatic carbocycles. The third-order valence-electron chi connectivity index (χ3n) is 7.69. The van der Waals surface area contributed by atoms with E-state index in [9.17, 15) is 0 Å². The van der Waals surface area contributed by atoms with Crippen molar-refractivity contribution < 1.29 is 0 Å². The van der Waals surface area contributed by atoms with E-state index in [0.29, 0.717) is 11.8 Å². The van der Waals surface area contributed by atoms with Crippen molar-refractivity contribution in [3.05, 3.63) is 70.8 Å². The summed E-state index contributed by atoms with van der Waals surface area (Å²) in [6.07, 6.45) is 6.99. The van der Waals surface area contributed by atoms with Gasteiger partial charge in [-0.1, -0.05) is 76.6 Å². The van der Waals surface area contributed by atoms with Gasteiger partial charge in [-0.25, -0.2) is 0 Å². The molecule has 0 radical (unpaired) electrons. The van der Waals surface area contributed by atoms with Crippen LogP contribution in [-0.4, -0.2) is 4.57 Å². The zero-order chi connectivity index (χ0) is 22.1. The normalized spacial score (nSPS) is 18.8. The van der Waals surface area contributed by atoms with E-state index in [2.05, 4.69) is 102 Å². The first-order chi connectivity index (χ1) is 14.7. The van der Waals surface area contributed by atoms with Crippen LogP contribution >= 0.6 is 0 Å². The highest BCUT2D eigenvalue weighted by atomic mass is 15.0. The second kappa shape index (κ2) is 6.99.